The topological polar surface area (TPSA) is 67.2 Å². The Bertz CT molecular complexity index is 748. The molecule has 1 heterocycles. The summed E-state index contributed by atoms with van der Waals surface area (Å²) in [5.74, 6) is 1.11. The van der Waals surface area contributed by atoms with Gasteiger partial charge in [0.1, 0.15) is 12.4 Å². The van der Waals surface area contributed by atoms with E-state index < -0.39 is 0 Å². The van der Waals surface area contributed by atoms with Crippen molar-refractivity contribution in [1.29, 1.82) is 0 Å². The highest BCUT2D eigenvalue weighted by atomic mass is 16.2. The summed E-state index contributed by atoms with van der Waals surface area (Å²) in [6.45, 7) is 8.56. The molecule has 2 amide bonds. The lowest BCUT2D eigenvalue weighted by molar-refractivity contribution is -0.131. The Morgan fingerprint density at radius 2 is 1.81 bits per heavy atom. The second-order valence-electron chi connectivity index (χ2n) is 6.79. The first-order chi connectivity index (χ1) is 13.1. The lowest BCUT2D eigenvalue weighted by Crippen LogP contribution is -2.35. The Kier molecular flexibility index (Phi) is 8.30. The number of rotatable bonds is 11. The average Bonchev–Trinajstić information content (AvgIpc) is 3.02. The van der Waals surface area contributed by atoms with Crippen LogP contribution >= 0.6 is 0 Å². The van der Waals surface area contributed by atoms with E-state index in [1.165, 1.54) is 0 Å². The number of nitrogens with one attached hydrogen (secondary N) is 1. The Morgan fingerprint density at radius 3 is 2.48 bits per heavy atom. The fraction of sp³-hybridized carbons (Fsp3) is 0.571. The van der Waals surface area contributed by atoms with Gasteiger partial charge in [0.15, 0.2) is 0 Å². The Hall–Kier alpha value is -2.37. The number of hydrogen-bond acceptors (Lipinski definition) is 3. The van der Waals surface area contributed by atoms with Crippen LogP contribution in [0.5, 0.6) is 0 Å². The number of hydrogen-bond donors (Lipinski definition) is 1. The number of amides is 2. The van der Waals surface area contributed by atoms with Crippen LogP contribution in [0.3, 0.4) is 0 Å². The van der Waals surface area contributed by atoms with E-state index in [9.17, 15) is 9.59 Å². The van der Waals surface area contributed by atoms with Gasteiger partial charge in [0.05, 0.1) is 11.0 Å². The van der Waals surface area contributed by atoms with Gasteiger partial charge in [-0.1, -0.05) is 32.9 Å². The summed E-state index contributed by atoms with van der Waals surface area (Å²) in [4.78, 5) is 30.9. The van der Waals surface area contributed by atoms with Crippen LogP contribution < -0.4 is 5.32 Å². The number of aryl methyl sites for hydroxylation is 1. The van der Waals surface area contributed by atoms with E-state index in [0.29, 0.717) is 19.5 Å². The molecule has 0 spiro atoms. The first kappa shape index (κ1) is 20.9. The molecular weight excluding hydrogens is 340 g/mol. The molecule has 27 heavy (non-hydrogen) atoms. The van der Waals surface area contributed by atoms with E-state index in [0.717, 1.165) is 55.6 Å². The van der Waals surface area contributed by atoms with E-state index in [4.69, 9.17) is 4.98 Å². The molecule has 148 valence electrons. The lowest BCUT2D eigenvalue weighted by Gasteiger charge is -2.22. The molecule has 0 aliphatic heterocycles. The third-order valence-corrected chi connectivity index (χ3v) is 4.59. The van der Waals surface area contributed by atoms with Gasteiger partial charge < -0.3 is 14.8 Å². The minimum atomic E-state index is 0.0634. The summed E-state index contributed by atoms with van der Waals surface area (Å²) in [6, 6.07) is 7.94. The zero-order valence-electron chi connectivity index (χ0n) is 16.8. The van der Waals surface area contributed by atoms with Crippen LogP contribution in [0.2, 0.25) is 0 Å². The predicted octanol–water partition coefficient (Wildman–Crippen LogP) is 3.14. The molecule has 1 N–H and O–H groups in total. The summed E-state index contributed by atoms with van der Waals surface area (Å²) in [7, 11) is 0. The quantitative estimate of drug-likeness (QED) is 0.616. The zero-order valence-corrected chi connectivity index (χ0v) is 16.8. The molecule has 0 fully saturated rings. The molecule has 6 nitrogen and oxygen atoms in total. The molecule has 0 aliphatic carbocycles. The number of fused-ring (bicyclic) bond motifs is 1. The van der Waals surface area contributed by atoms with Gasteiger partial charge in [0.25, 0.3) is 0 Å². The third-order valence-electron chi connectivity index (χ3n) is 4.59. The van der Waals surface area contributed by atoms with Crippen molar-refractivity contribution in [2.45, 2.75) is 59.4 Å². The molecule has 1 aromatic heterocycles. The smallest absolute Gasteiger partial charge is 0.242 e. The molecule has 1 aromatic carbocycles. The maximum Gasteiger partial charge on any atom is 0.242 e. The van der Waals surface area contributed by atoms with Gasteiger partial charge in [-0.15, -0.1) is 0 Å². The molecule has 0 atom stereocenters. The van der Waals surface area contributed by atoms with E-state index in [2.05, 4.69) is 19.2 Å². The van der Waals surface area contributed by atoms with Crippen LogP contribution in [0.25, 0.3) is 11.0 Å². The van der Waals surface area contributed by atoms with Crippen molar-refractivity contribution in [1.82, 2.24) is 19.8 Å². The maximum absolute atomic E-state index is 12.9. The third kappa shape index (κ3) is 5.81. The van der Waals surface area contributed by atoms with Gasteiger partial charge in [-0.05, 0) is 31.4 Å². The minimum Gasteiger partial charge on any atom is -0.356 e. The van der Waals surface area contributed by atoms with Crippen LogP contribution in [0.1, 0.15) is 52.3 Å². The van der Waals surface area contributed by atoms with Crippen molar-refractivity contribution >= 4 is 22.8 Å². The number of benzene rings is 1. The molecule has 0 unspecified atom stereocenters. The van der Waals surface area contributed by atoms with E-state index in [1.54, 1.807) is 0 Å². The Labute approximate surface area is 161 Å². The summed E-state index contributed by atoms with van der Waals surface area (Å²) >= 11 is 0. The normalized spacial score (nSPS) is 10.9. The fourth-order valence-corrected chi connectivity index (χ4v) is 3.23. The number of imidazole rings is 1. The summed E-state index contributed by atoms with van der Waals surface area (Å²) in [6.07, 6.45) is 3.95. The predicted molar refractivity (Wildman–Crippen MR) is 109 cm³/mol. The maximum atomic E-state index is 12.9. The number of carbonyl (C=O) groups excluding carboxylic acids is 2. The fourth-order valence-electron chi connectivity index (χ4n) is 3.23. The van der Waals surface area contributed by atoms with Gasteiger partial charge >= 0.3 is 0 Å². The van der Waals surface area contributed by atoms with E-state index in [-0.39, 0.29) is 11.8 Å². The van der Waals surface area contributed by atoms with Crippen LogP contribution in [0.15, 0.2) is 24.3 Å². The van der Waals surface area contributed by atoms with Crippen molar-refractivity contribution in [2.24, 2.45) is 0 Å². The summed E-state index contributed by atoms with van der Waals surface area (Å²) in [5.41, 5.74) is 1.90. The van der Waals surface area contributed by atoms with Crippen molar-refractivity contribution in [3.8, 4) is 0 Å². The van der Waals surface area contributed by atoms with Gasteiger partial charge in [0, 0.05) is 32.5 Å². The monoisotopic (exact) mass is 372 g/mol. The highest BCUT2D eigenvalue weighted by Crippen LogP contribution is 2.17. The van der Waals surface area contributed by atoms with Crippen molar-refractivity contribution in [2.75, 3.05) is 19.6 Å². The molecule has 0 radical (unpaired) electrons. The summed E-state index contributed by atoms with van der Waals surface area (Å²) < 4.78 is 2.04. The van der Waals surface area contributed by atoms with Gasteiger partial charge in [-0.3, -0.25) is 9.59 Å². The van der Waals surface area contributed by atoms with Crippen LogP contribution in [-0.4, -0.2) is 45.9 Å². The highest BCUT2D eigenvalue weighted by Gasteiger charge is 2.17. The number of nitrogens with zero attached hydrogens (tertiary/aromatic N) is 3. The number of para-hydroxylation sites is 2. The van der Waals surface area contributed by atoms with Crippen LogP contribution in [0, 0.1) is 0 Å². The molecule has 6 heteroatoms. The molecule has 2 aromatic rings. The molecule has 0 aliphatic rings. The standard InChI is InChI=1S/C21H32N4O2/c1-4-14-24(15-5-2)21(27)16-25-18-11-8-7-10-17(18)23-19(25)12-9-13-22-20(26)6-3/h7-8,10-11H,4-6,9,12-16H2,1-3H3,(H,22,26). The zero-order chi connectivity index (χ0) is 19.6. The van der Waals surface area contributed by atoms with Crippen molar-refractivity contribution in [3.63, 3.8) is 0 Å². The molecule has 0 bridgehead atoms. The highest BCUT2D eigenvalue weighted by molar-refractivity contribution is 5.81. The largest absolute Gasteiger partial charge is 0.356 e. The summed E-state index contributed by atoms with van der Waals surface area (Å²) in [5, 5.41) is 2.90. The molecular formula is C21H32N4O2. The van der Waals surface area contributed by atoms with Gasteiger partial charge in [-0.25, -0.2) is 4.98 Å². The Morgan fingerprint density at radius 1 is 1.11 bits per heavy atom. The lowest BCUT2D eigenvalue weighted by atomic mass is 10.2. The van der Waals surface area contributed by atoms with Crippen LogP contribution in [-0.2, 0) is 22.6 Å². The van der Waals surface area contributed by atoms with E-state index >= 15 is 0 Å². The number of carbonyl (C=O) groups is 2. The first-order valence-corrected chi connectivity index (χ1v) is 10.1. The number of aromatic nitrogens is 2. The van der Waals surface area contributed by atoms with Crippen LogP contribution in [0.4, 0.5) is 0 Å². The Balaban J connectivity index is 2.15. The van der Waals surface area contributed by atoms with Crippen molar-refractivity contribution in [3.05, 3.63) is 30.1 Å². The van der Waals surface area contributed by atoms with Gasteiger partial charge in [-0.2, -0.15) is 0 Å². The second-order valence-corrected chi connectivity index (χ2v) is 6.79. The first-order valence-electron chi connectivity index (χ1n) is 10.1. The SMILES string of the molecule is CCCN(CCC)C(=O)Cn1c(CCCNC(=O)CC)nc2ccccc21. The molecule has 0 saturated heterocycles. The van der Waals surface area contributed by atoms with Crippen molar-refractivity contribution < 1.29 is 9.59 Å². The van der Waals surface area contributed by atoms with Gasteiger partial charge in [0.2, 0.25) is 11.8 Å². The minimum absolute atomic E-state index is 0.0634. The molecule has 0 saturated carbocycles. The molecule has 2 rings (SSSR count). The van der Waals surface area contributed by atoms with E-state index in [1.807, 2.05) is 40.7 Å². The second kappa shape index (κ2) is 10.7. The average molecular weight is 373 g/mol.